The number of aromatic amines is 1. The normalized spacial score (nSPS) is 23.4. The lowest BCUT2D eigenvalue weighted by Crippen LogP contribution is -2.49. The van der Waals surface area contributed by atoms with Crippen LogP contribution in [-0.4, -0.2) is 42.4 Å². The zero-order valence-corrected chi connectivity index (χ0v) is 17.5. The molecule has 1 aromatic carbocycles. The highest BCUT2D eigenvalue weighted by Crippen LogP contribution is 2.38. The van der Waals surface area contributed by atoms with Gasteiger partial charge in [0.15, 0.2) is 0 Å². The van der Waals surface area contributed by atoms with Crippen molar-refractivity contribution in [3.63, 3.8) is 0 Å². The molecule has 3 N–H and O–H groups in total. The molecule has 160 valence electrons. The number of aryl methyl sites for hydroxylation is 1. The maximum atomic E-state index is 15.0. The van der Waals surface area contributed by atoms with Gasteiger partial charge >= 0.3 is 0 Å². The fourth-order valence-electron chi connectivity index (χ4n) is 5.52. The van der Waals surface area contributed by atoms with E-state index in [0.717, 1.165) is 31.1 Å². The lowest BCUT2D eigenvalue weighted by atomic mass is 9.98. The number of H-pyrrole nitrogens is 1. The lowest BCUT2D eigenvalue weighted by Gasteiger charge is -2.38. The molecule has 9 heteroatoms. The van der Waals surface area contributed by atoms with Gasteiger partial charge in [-0.25, -0.2) is 4.39 Å². The number of nitrogens with zero attached hydrogens (tertiary/aromatic N) is 5. The van der Waals surface area contributed by atoms with Gasteiger partial charge in [-0.15, -0.1) is 0 Å². The Morgan fingerprint density at radius 2 is 1.90 bits per heavy atom. The average Bonchev–Trinajstić information content (AvgIpc) is 3.37. The number of nitrogens with two attached hydrogens (primary N) is 1. The molecule has 0 radical (unpaired) electrons. The second-order valence-corrected chi connectivity index (χ2v) is 8.92. The van der Waals surface area contributed by atoms with Crippen molar-refractivity contribution >= 4 is 27.9 Å². The number of rotatable bonds is 2. The molecule has 2 aliphatic rings. The molecule has 2 fully saturated rings. The second-order valence-electron chi connectivity index (χ2n) is 8.92. The summed E-state index contributed by atoms with van der Waals surface area (Å²) in [5.41, 5.74) is 7.97. The summed E-state index contributed by atoms with van der Waals surface area (Å²) in [6.45, 7) is 0. The standard InChI is InChI=1S/C22H24FN7O/c1-28-10-11-5-15(17(23)8-18(11)27-28)16-9-25-20-19(16)21(31)29(2)22(26-20)30-13-3-4-14(30)7-12(24)6-13/h5,8-10,12-14,25H,3-4,6-7,24H2,1-2H3/t12-,13+,14-. The maximum absolute atomic E-state index is 15.0. The van der Waals surface area contributed by atoms with E-state index in [9.17, 15) is 9.18 Å². The van der Waals surface area contributed by atoms with Crippen molar-refractivity contribution < 1.29 is 4.39 Å². The third-order valence-corrected chi connectivity index (χ3v) is 6.89. The largest absolute Gasteiger partial charge is 0.345 e. The Bertz CT molecular complexity index is 1390. The number of anilines is 1. The van der Waals surface area contributed by atoms with Crippen LogP contribution in [0.4, 0.5) is 10.3 Å². The van der Waals surface area contributed by atoms with Gasteiger partial charge in [0.25, 0.3) is 5.56 Å². The van der Waals surface area contributed by atoms with Crippen molar-refractivity contribution in [1.82, 2.24) is 24.3 Å². The average molecular weight is 421 g/mol. The monoisotopic (exact) mass is 421 g/mol. The fraction of sp³-hybridized carbons (Fsp3) is 0.409. The van der Waals surface area contributed by atoms with Crippen molar-refractivity contribution in [2.24, 2.45) is 19.8 Å². The Kier molecular flexibility index (Phi) is 3.83. The van der Waals surface area contributed by atoms with E-state index in [1.807, 2.05) is 6.20 Å². The summed E-state index contributed by atoms with van der Waals surface area (Å²) in [6.07, 6.45) is 7.47. The second kappa shape index (κ2) is 6.40. The molecule has 6 rings (SSSR count). The predicted molar refractivity (Wildman–Crippen MR) is 117 cm³/mol. The SMILES string of the molecule is Cn1cc2cc(-c3c[nH]c4nc(N5[C@@H]6CC[C@H]5C[C@@H](N)C6)n(C)c(=O)c34)c(F)cc2n1. The van der Waals surface area contributed by atoms with Crippen LogP contribution in [0.2, 0.25) is 0 Å². The van der Waals surface area contributed by atoms with Gasteiger partial charge in [-0.3, -0.25) is 14.0 Å². The fourth-order valence-corrected chi connectivity index (χ4v) is 5.52. The first kappa shape index (κ1) is 18.6. The summed E-state index contributed by atoms with van der Waals surface area (Å²) in [5.74, 6) is 0.245. The Labute approximate surface area is 177 Å². The van der Waals surface area contributed by atoms with Gasteiger partial charge in [0, 0.05) is 67.2 Å². The molecule has 3 atom stereocenters. The number of halogens is 1. The van der Waals surface area contributed by atoms with Crippen LogP contribution in [0.15, 0.2) is 29.3 Å². The number of benzene rings is 1. The molecule has 8 nitrogen and oxygen atoms in total. The van der Waals surface area contributed by atoms with Crippen LogP contribution in [0.25, 0.3) is 33.1 Å². The molecular weight excluding hydrogens is 397 g/mol. The Hall–Kier alpha value is -3.20. The van der Waals surface area contributed by atoms with Gasteiger partial charge in [0.05, 0.1) is 10.9 Å². The minimum absolute atomic E-state index is 0.184. The van der Waals surface area contributed by atoms with Gasteiger partial charge in [0.2, 0.25) is 5.95 Å². The lowest BCUT2D eigenvalue weighted by molar-refractivity contribution is 0.405. The van der Waals surface area contributed by atoms with E-state index < -0.39 is 5.82 Å². The highest BCUT2D eigenvalue weighted by Gasteiger charge is 2.41. The minimum Gasteiger partial charge on any atom is -0.345 e. The van der Waals surface area contributed by atoms with Crippen molar-refractivity contribution in [3.05, 3.63) is 40.7 Å². The molecule has 0 spiro atoms. The van der Waals surface area contributed by atoms with E-state index in [1.165, 1.54) is 6.07 Å². The summed E-state index contributed by atoms with van der Waals surface area (Å²) >= 11 is 0. The van der Waals surface area contributed by atoms with Gasteiger partial charge < -0.3 is 15.6 Å². The molecule has 3 aromatic heterocycles. The van der Waals surface area contributed by atoms with E-state index in [1.54, 1.807) is 35.6 Å². The van der Waals surface area contributed by atoms with Crippen LogP contribution in [-0.2, 0) is 14.1 Å². The van der Waals surface area contributed by atoms with E-state index in [-0.39, 0.29) is 11.6 Å². The molecule has 0 saturated carbocycles. The summed E-state index contributed by atoms with van der Waals surface area (Å²) < 4.78 is 18.2. The van der Waals surface area contributed by atoms with Gasteiger partial charge in [-0.05, 0) is 31.7 Å². The smallest absolute Gasteiger partial charge is 0.264 e. The summed E-state index contributed by atoms with van der Waals surface area (Å²) in [5, 5.41) is 5.47. The molecule has 0 unspecified atom stereocenters. The van der Waals surface area contributed by atoms with E-state index >= 15 is 0 Å². The van der Waals surface area contributed by atoms with Crippen molar-refractivity contribution in [3.8, 4) is 11.1 Å². The summed E-state index contributed by atoms with van der Waals surface area (Å²) in [4.78, 5) is 23.6. The number of aromatic nitrogens is 5. The first-order valence-electron chi connectivity index (χ1n) is 10.7. The first-order valence-corrected chi connectivity index (χ1v) is 10.7. The number of hydrogen-bond acceptors (Lipinski definition) is 5. The molecular formula is C22H24FN7O. The Morgan fingerprint density at radius 3 is 2.65 bits per heavy atom. The number of nitrogens with one attached hydrogen (secondary N) is 1. The molecule has 2 aliphatic heterocycles. The zero-order valence-electron chi connectivity index (χ0n) is 17.5. The zero-order chi connectivity index (χ0) is 21.4. The molecule has 2 bridgehead atoms. The molecule has 2 saturated heterocycles. The van der Waals surface area contributed by atoms with Gasteiger partial charge in [0.1, 0.15) is 11.5 Å². The topological polar surface area (TPSA) is 97.8 Å². The maximum Gasteiger partial charge on any atom is 0.264 e. The number of hydrogen-bond donors (Lipinski definition) is 2. The van der Waals surface area contributed by atoms with Crippen LogP contribution in [0.1, 0.15) is 25.7 Å². The summed E-state index contributed by atoms with van der Waals surface area (Å²) in [6, 6.07) is 3.97. The Balaban J connectivity index is 1.52. The molecule has 0 aliphatic carbocycles. The first-order chi connectivity index (χ1) is 14.9. The molecule has 5 heterocycles. The van der Waals surface area contributed by atoms with Crippen LogP contribution in [0, 0.1) is 5.82 Å². The third-order valence-electron chi connectivity index (χ3n) is 6.89. The third kappa shape index (κ3) is 2.65. The molecule has 4 aromatic rings. The van der Waals surface area contributed by atoms with E-state index in [4.69, 9.17) is 10.7 Å². The van der Waals surface area contributed by atoms with Crippen LogP contribution >= 0.6 is 0 Å². The van der Waals surface area contributed by atoms with E-state index in [2.05, 4.69) is 15.0 Å². The van der Waals surface area contributed by atoms with Gasteiger partial charge in [-0.1, -0.05) is 0 Å². The Morgan fingerprint density at radius 1 is 1.16 bits per heavy atom. The van der Waals surface area contributed by atoms with Crippen molar-refractivity contribution in [2.75, 3.05) is 4.90 Å². The molecule has 0 amide bonds. The number of fused-ring (bicyclic) bond motifs is 4. The quantitative estimate of drug-likeness (QED) is 0.518. The van der Waals surface area contributed by atoms with Gasteiger partial charge in [-0.2, -0.15) is 10.1 Å². The predicted octanol–water partition coefficient (Wildman–Crippen LogP) is 2.41. The highest BCUT2D eigenvalue weighted by molar-refractivity contribution is 5.96. The van der Waals surface area contributed by atoms with Crippen LogP contribution < -0.4 is 16.2 Å². The summed E-state index contributed by atoms with van der Waals surface area (Å²) in [7, 11) is 3.54. The van der Waals surface area contributed by atoms with Crippen LogP contribution in [0.3, 0.4) is 0 Å². The molecule has 31 heavy (non-hydrogen) atoms. The van der Waals surface area contributed by atoms with Crippen molar-refractivity contribution in [2.45, 2.75) is 43.8 Å². The van der Waals surface area contributed by atoms with E-state index in [0.29, 0.717) is 45.7 Å². The highest BCUT2D eigenvalue weighted by atomic mass is 19.1. The minimum atomic E-state index is -0.415. The van der Waals surface area contributed by atoms with Crippen LogP contribution in [0.5, 0.6) is 0 Å². The van der Waals surface area contributed by atoms with Crippen molar-refractivity contribution in [1.29, 1.82) is 0 Å². The number of piperidine rings is 1.